The molecule has 0 spiro atoms. The Morgan fingerprint density at radius 3 is 2.67 bits per heavy atom. The maximum atomic E-state index is 4.35. The highest BCUT2D eigenvalue weighted by Crippen LogP contribution is 2.19. The van der Waals surface area contributed by atoms with Gasteiger partial charge in [-0.1, -0.05) is 23.8 Å². The molecule has 0 saturated heterocycles. The van der Waals surface area contributed by atoms with Crippen LogP contribution in [-0.2, 0) is 0 Å². The van der Waals surface area contributed by atoms with E-state index in [0.29, 0.717) is 0 Å². The minimum Gasteiger partial charge on any atom is -0.363 e. The number of aromatic amines is 1. The molecule has 3 nitrogen and oxygen atoms in total. The number of anilines is 1. The molecule has 78 valence electrons. The number of benzene rings is 1. The van der Waals surface area contributed by atoms with Gasteiger partial charge in [-0.3, -0.25) is 0 Å². The van der Waals surface area contributed by atoms with Crippen LogP contribution in [0.3, 0.4) is 0 Å². The van der Waals surface area contributed by atoms with E-state index < -0.39 is 0 Å². The molecule has 15 heavy (non-hydrogen) atoms. The van der Waals surface area contributed by atoms with Crippen LogP contribution in [0.15, 0.2) is 30.5 Å². The smallest absolute Gasteiger partial charge is 0.138 e. The van der Waals surface area contributed by atoms with E-state index in [1.165, 1.54) is 5.56 Å². The zero-order chi connectivity index (χ0) is 10.8. The predicted molar refractivity (Wildman–Crippen MR) is 63.1 cm³/mol. The molecule has 0 aliphatic carbocycles. The predicted octanol–water partition coefficient (Wildman–Crippen LogP) is 2.45. The zero-order valence-corrected chi connectivity index (χ0v) is 9.28. The first-order chi connectivity index (χ1) is 7.16. The highest BCUT2D eigenvalue weighted by molar-refractivity contribution is 5.58. The Balaban J connectivity index is 2.37. The number of nitrogens with one attached hydrogen (secondary N) is 1. The summed E-state index contributed by atoms with van der Waals surface area (Å²) in [5.41, 5.74) is 2.37. The van der Waals surface area contributed by atoms with Crippen molar-refractivity contribution in [3.63, 3.8) is 0 Å². The van der Waals surface area contributed by atoms with Crippen molar-refractivity contribution in [2.24, 2.45) is 0 Å². The van der Waals surface area contributed by atoms with Gasteiger partial charge in [0.15, 0.2) is 0 Å². The quantitative estimate of drug-likeness (QED) is 0.809. The number of nitrogens with zero attached hydrogens (tertiary/aromatic N) is 2. The van der Waals surface area contributed by atoms with Gasteiger partial charge in [-0.15, -0.1) is 0 Å². The van der Waals surface area contributed by atoms with Crippen molar-refractivity contribution >= 4 is 5.82 Å². The van der Waals surface area contributed by atoms with Gasteiger partial charge in [0.2, 0.25) is 0 Å². The summed E-state index contributed by atoms with van der Waals surface area (Å²) < 4.78 is 0. The SMILES string of the molecule is Cc1cccc(-c2ncc(N(C)C)[nH]2)c1. The van der Waals surface area contributed by atoms with Crippen molar-refractivity contribution in [1.82, 2.24) is 9.97 Å². The van der Waals surface area contributed by atoms with Gasteiger partial charge < -0.3 is 9.88 Å². The fourth-order valence-electron chi connectivity index (χ4n) is 1.48. The molecular weight excluding hydrogens is 186 g/mol. The van der Waals surface area contributed by atoms with Crippen LogP contribution in [0.1, 0.15) is 5.56 Å². The van der Waals surface area contributed by atoms with Gasteiger partial charge in [0.25, 0.3) is 0 Å². The number of rotatable bonds is 2. The number of aryl methyl sites for hydroxylation is 1. The fraction of sp³-hybridized carbons (Fsp3) is 0.250. The zero-order valence-electron chi connectivity index (χ0n) is 9.28. The molecule has 0 bridgehead atoms. The third-order valence-electron chi connectivity index (χ3n) is 2.34. The van der Waals surface area contributed by atoms with E-state index in [1.807, 2.05) is 31.3 Å². The molecule has 0 aliphatic rings. The fourth-order valence-corrected chi connectivity index (χ4v) is 1.48. The van der Waals surface area contributed by atoms with Gasteiger partial charge in [-0.25, -0.2) is 4.98 Å². The van der Waals surface area contributed by atoms with Gasteiger partial charge in [0.1, 0.15) is 11.6 Å². The Labute approximate surface area is 89.8 Å². The largest absolute Gasteiger partial charge is 0.363 e. The summed E-state index contributed by atoms with van der Waals surface area (Å²) >= 11 is 0. The highest BCUT2D eigenvalue weighted by Gasteiger charge is 2.04. The molecule has 0 aliphatic heterocycles. The summed E-state index contributed by atoms with van der Waals surface area (Å²) in [7, 11) is 3.99. The van der Waals surface area contributed by atoms with E-state index in [0.717, 1.165) is 17.2 Å². The topological polar surface area (TPSA) is 31.9 Å². The van der Waals surface area contributed by atoms with E-state index in [1.54, 1.807) is 0 Å². The van der Waals surface area contributed by atoms with E-state index in [-0.39, 0.29) is 0 Å². The maximum absolute atomic E-state index is 4.35. The van der Waals surface area contributed by atoms with E-state index in [2.05, 4.69) is 35.1 Å². The molecule has 2 rings (SSSR count). The molecule has 3 heteroatoms. The van der Waals surface area contributed by atoms with Crippen LogP contribution in [0.4, 0.5) is 5.82 Å². The Morgan fingerprint density at radius 1 is 1.27 bits per heavy atom. The second kappa shape index (κ2) is 3.77. The molecule has 0 amide bonds. The first kappa shape index (κ1) is 9.77. The number of H-pyrrole nitrogens is 1. The summed E-state index contributed by atoms with van der Waals surface area (Å²) in [6.45, 7) is 2.08. The van der Waals surface area contributed by atoms with Crippen LogP contribution in [-0.4, -0.2) is 24.1 Å². The van der Waals surface area contributed by atoms with Crippen molar-refractivity contribution in [2.75, 3.05) is 19.0 Å². The van der Waals surface area contributed by atoms with Crippen LogP contribution < -0.4 is 4.90 Å². The molecule has 0 radical (unpaired) electrons. The molecule has 0 atom stereocenters. The molecule has 1 aromatic heterocycles. The van der Waals surface area contributed by atoms with Gasteiger partial charge in [-0.05, 0) is 13.0 Å². The van der Waals surface area contributed by atoms with Crippen molar-refractivity contribution in [3.8, 4) is 11.4 Å². The lowest BCUT2D eigenvalue weighted by Gasteiger charge is -2.07. The first-order valence-corrected chi connectivity index (χ1v) is 4.96. The van der Waals surface area contributed by atoms with Crippen molar-refractivity contribution in [2.45, 2.75) is 6.92 Å². The minimum atomic E-state index is 0.919. The monoisotopic (exact) mass is 201 g/mol. The second-order valence-corrected chi connectivity index (χ2v) is 3.88. The molecule has 0 saturated carbocycles. The standard InChI is InChI=1S/C12H15N3/c1-9-5-4-6-10(7-9)12-13-8-11(14-12)15(2)3/h4-8H,1-3H3,(H,13,14). The van der Waals surface area contributed by atoms with E-state index in [4.69, 9.17) is 0 Å². The van der Waals surface area contributed by atoms with Crippen LogP contribution in [0.25, 0.3) is 11.4 Å². The molecule has 1 aromatic carbocycles. The lowest BCUT2D eigenvalue weighted by molar-refractivity contribution is 1.09. The molecule has 0 unspecified atom stereocenters. The number of hydrogen-bond donors (Lipinski definition) is 1. The van der Waals surface area contributed by atoms with Crippen LogP contribution in [0.2, 0.25) is 0 Å². The van der Waals surface area contributed by atoms with Crippen molar-refractivity contribution in [1.29, 1.82) is 0 Å². The highest BCUT2D eigenvalue weighted by atomic mass is 15.2. The van der Waals surface area contributed by atoms with Gasteiger partial charge >= 0.3 is 0 Å². The summed E-state index contributed by atoms with van der Waals surface area (Å²) in [5.74, 6) is 1.94. The van der Waals surface area contributed by atoms with Crippen LogP contribution in [0.5, 0.6) is 0 Å². The van der Waals surface area contributed by atoms with Crippen molar-refractivity contribution in [3.05, 3.63) is 36.0 Å². The van der Waals surface area contributed by atoms with Gasteiger partial charge in [0.05, 0.1) is 6.20 Å². The minimum absolute atomic E-state index is 0.919. The average Bonchev–Trinajstić information content (AvgIpc) is 2.66. The van der Waals surface area contributed by atoms with E-state index in [9.17, 15) is 0 Å². The van der Waals surface area contributed by atoms with Crippen molar-refractivity contribution < 1.29 is 0 Å². The second-order valence-electron chi connectivity index (χ2n) is 3.88. The number of hydrogen-bond acceptors (Lipinski definition) is 2. The van der Waals surface area contributed by atoms with Gasteiger partial charge in [-0.2, -0.15) is 0 Å². The molecular formula is C12H15N3. The Morgan fingerprint density at radius 2 is 2.07 bits per heavy atom. The number of aromatic nitrogens is 2. The molecule has 1 heterocycles. The first-order valence-electron chi connectivity index (χ1n) is 4.96. The third kappa shape index (κ3) is 2.01. The normalized spacial score (nSPS) is 10.3. The third-order valence-corrected chi connectivity index (χ3v) is 2.34. The summed E-state index contributed by atoms with van der Waals surface area (Å²) in [4.78, 5) is 9.63. The Kier molecular flexibility index (Phi) is 2.46. The lowest BCUT2D eigenvalue weighted by Crippen LogP contribution is -2.08. The van der Waals surface area contributed by atoms with Gasteiger partial charge in [0, 0.05) is 19.7 Å². The van der Waals surface area contributed by atoms with Crippen LogP contribution >= 0.6 is 0 Å². The molecule has 0 fully saturated rings. The summed E-state index contributed by atoms with van der Waals surface area (Å²) in [6.07, 6.45) is 1.84. The lowest BCUT2D eigenvalue weighted by atomic mass is 10.1. The number of imidazole rings is 1. The van der Waals surface area contributed by atoms with E-state index >= 15 is 0 Å². The maximum Gasteiger partial charge on any atom is 0.138 e. The average molecular weight is 201 g/mol. The Bertz CT molecular complexity index is 457. The molecule has 1 N–H and O–H groups in total. The summed E-state index contributed by atoms with van der Waals surface area (Å²) in [5, 5.41) is 0. The Hall–Kier alpha value is -1.77. The molecule has 2 aromatic rings. The summed E-state index contributed by atoms with van der Waals surface area (Å²) in [6, 6.07) is 8.31. The van der Waals surface area contributed by atoms with Crippen LogP contribution in [0, 0.1) is 6.92 Å².